The molecule has 124 valence electrons. The largest absolute Gasteiger partial charge is 1.00 e. The zero-order valence-electron chi connectivity index (χ0n) is 13.3. The topological polar surface area (TPSA) is 47.0 Å². The number of nitrogens with zero attached hydrogens (tertiary/aromatic N) is 2. The molecule has 4 nitrogen and oxygen atoms in total. The Morgan fingerprint density at radius 3 is 2.28 bits per heavy atom. The number of hydrogen-bond acceptors (Lipinski definition) is 2. The SMILES string of the molecule is O=[N+]([O-])c1ccc(C[n+]2cccc3ccc4ccccc4c32)cc1.[Cl-]. The molecular weight excluding hydrogens is 336 g/mol. The molecule has 0 aliphatic rings. The van der Waals surface area contributed by atoms with E-state index in [0.29, 0.717) is 6.54 Å². The lowest BCUT2D eigenvalue weighted by Crippen LogP contribution is -3.00. The fourth-order valence-corrected chi connectivity index (χ4v) is 3.10. The number of halogens is 1. The fourth-order valence-electron chi connectivity index (χ4n) is 3.10. The second kappa shape index (κ2) is 6.87. The lowest BCUT2D eigenvalue weighted by atomic mass is 10.1. The summed E-state index contributed by atoms with van der Waals surface area (Å²) in [5.74, 6) is 0. The van der Waals surface area contributed by atoms with Gasteiger partial charge in [-0.05, 0) is 35.7 Å². The van der Waals surface area contributed by atoms with Gasteiger partial charge in [0.25, 0.3) is 5.69 Å². The monoisotopic (exact) mass is 350 g/mol. The van der Waals surface area contributed by atoms with Gasteiger partial charge in [0.2, 0.25) is 5.52 Å². The van der Waals surface area contributed by atoms with Gasteiger partial charge < -0.3 is 12.4 Å². The van der Waals surface area contributed by atoms with Gasteiger partial charge in [-0.1, -0.05) is 24.3 Å². The highest BCUT2D eigenvalue weighted by Crippen LogP contribution is 2.22. The molecule has 25 heavy (non-hydrogen) atoms. The van der Waals surface area contributed by atoms with Crippen molar-refractivity contribution < 1.29 is 21.9 Å². The van der Waals surface area contributed by atoms with Crippen molar-refractivity contribution in [2.24, 2.45) is 0 Å². The third-order valence-corrected chi connectivity index (χ3v) is 4.26. The third-order valence-electron chi connectivity index (χ3n) is 4.26. The minimum absolute atomic E-state index is 0. The smallest absolute Gasteiger partial charge is 0.269 e. The number of benzene rings is 3. The Morgan fingerprint density at radius 1 is 0.840 bits per heavy atom. The van der Waals surface area contributed by atoms with E-state index in [-0.39, 0.29) is 23.0 Å². The number of rotatable bonds is 3. The Morgan fingerprint density at radius 2 is 1.52 bits per heavy atom. The molecule has 0 aliphatic heterocycles. The predicted octanol–water partition coefficient (Wildman–Crippen LogP) is 1.24. The van der Waals surface area contributed by atoms with Crippen LogP contribution in [-0.2, 0) is 6.54 Å². The molecule has 1 heterocycles. The minimum atomic E-state index is -0.373. The molecule has 0 saturated heterocycles. The van der Waals surface area contributed by atoms with E-state index in [4.69, 9.17) is 0 Å². The Balaban J connectivity index is 0.00000182. The van der Waals surface area contributed by atoms with Crippen molar-refractivity contribution >= 4 is 27.4 Å². The first-order valence-electron chi connectivity index (χ1n) is 7.76. The van der Waals surface area contributed by atoms with E-state index in [1.165, 1.54) is 21.7 Å². The summed E-state index contributed by atoms with van der Waals surface area (Å²) in [6, 6.07) is 23.5. The van der Waals surface area contributed by atoms with Crippen LogP contribution < -0.4 is 17.0 Å². The minimum Gasteiger partial charge on any atom is -1.00 e. The van der Waals surface area contributed by atoms with Crippen molar-refractivity contribution in [2.45, 2.75) is 6.54 Å². The van der Waals surface area contributed by atoms with Gasteiger partial charge in [-0.25, -0.2) is 0 Å². The quantitative estimate of drug-likeness (QED) is 0.241. The molecule has 0 radical (unpaired) electrons. The molecule has 1 aromatic heterocycles. The van der Waals surface area contributed by atoms with Crippen LogP contribution in [-0.4, -0.2) is 4.92 Å². The van der Waals surface area contributed by atoms with Crippen LogP contribution >= 0.6 is 0 Å². The summed E-state index contributed by atoms with van der Waals surface area (Å²) in [5, 5.41) is 14.4. The summed E-state index contributed by atoms with van der Waals surface area (Å²) in [7, 11) is 0. The molecule has 0 atom stereocenters. The standard InChI is InChI=1S/C20H15N2O2.ClH/c23-22(24)18-11-7-15(8-12-18)14-21-13-3-5-17-10-9-16-4-1-2-6-19(16)20(17)21;/h1-13H,14H2;1H/q+1;/p-1. The van der Waals surface area contributed by atoms with Crippen LogP contribution in [0, 0.1) is 10.1 Å². The fraction of sp³-hybridized carbons (Fsp3) is 0.0500. The van der Waals surface area contributed by atoms with E-state index in [0.717, 1.165) is 5.56 Å². The summed E-state index contributed by atoms with van der Waals surface area (Å²) in [5.41, 5.74) is 2.33. The van der Waals surface area contributed by atoms with Crippen LogP contribution in [0.15, 0.2) is 79.0 Å². The molecule has 5 heteroatoms. The average Bonchev–Trinajstić information content (AvgIpc) is 2.62. The van der Waals surface area contributed by atoms with E-state index in [1.54, 1.807) is 12.1 Å². The number of pyridine rings is 1. The Labute approximate surface area is 150 Å². The molecule has 0 spiro atoms. The molecule has 0 fully saturated rings. The Kier molecular flexibility index (Phi) is 4.63. The van der Waals surface area contributed by atoms with Crippen LogP contribution in [0.3, 0.4) is 0 Å². The maximum Gasteiger partial charge on any atom is 0.269 e. The molecule has 0 unspecified atom stereocenters. The first-order chi connectivity index (χ1) is 11.7. The van der Waals surface area contributed by atoms with Gasteiger partial charge in [-0.2, -0.15) is 4.57 Å². The normalized spacial score (nSPS) is 10.6. The van der Waals surface area contributed by atoms with Crippen molar-refractivity contribution in [2.75, 3.05) is 0 Å². The number of nitro benzene ring substituents is 1. The molecule has 0 saturated carbocycles. The number of fused-ring (bicyclic) bond motifs is 3. The average molecular weight is 351 g/mol. The highest BCUT2D eigenvalue weighted by Gasteiger charge is 2.13. The van der Waals surface area contributed by atoms with Gasteiger partial charge in [0.15, 0.2) is 12.7 Å². The van der Waals surface area contributed by atoms with Crippen molar-refractivity contribution in [1.29, 1.82) is 0 Å². The number of nitro groups is 1. The summed E-state index contributed by atoms with van der Waals surface area (Å²) in [6.45, 7) is 0.670. The van der Waals surface area contributed by atoms with Crippen molar-refractivity contribution in [3.63, 3.8) is 0 Å². The second-order valence-electron chi connectivity index (χ2n) is 5.78. The molecular formula is C20H15ClN2O2. The zero-order valence-corrected chi connectivity index (χ0v) is 14.1. The van der Waals surface area contributed by atoms with Crippen LogP contribution in [0.1, 0.15) is 5.56 Å². The van der Waals surface area contributed by atoms with Crippen molar-refractivity contribution in [3.8, 4) is 0 Å². The maximum atomic E-state index is 10.8. The van der Waals surface area contributed by atoms with Crippen LogP contribution in [0.2, 0.25) is 0 Å². The molecule has 4 rings (SSSR count). The highest BCUT2D eigenvalue weighted by molar-refractivity contribution is 6.03. The number of aromatic nitrogens is 1. The van der Waals surface area contributed by atoms with Crippen LogP contribution in [0.5, 0.6) is 0 Å². The summed E-state index contributed by atoms with van der Waals surface area (Å²) >= 11 is 0. The van der Waals surface area contributed by atoms with Gasteiger partial charge in [-0.15, -0.1) is 0 Å². The Bertz CT molecular complexity index is 1060. The third kappa shape index (κ3) is 3.16. The van der Waals surface area contributed by atoms with Gasteiger partial charge in [0.1, 0.15) is 0 Å². The summed E-state index contributed by atoms with van der Waals surface area (Å²) in [4.78, 5) is 10.4. The highest BCUT2D eigenvalue weighted by atomic mass is 35.5. The molecule has 4 aromatic rings. The summed E-state index contributed by atoms with van der Waals surface area (Å²) in [6.07, 6.45) is 2.05. The van der Waals surface area contributed by atoms with Gasteiger partial charge in [-0.3, -0.25) is 10.1 Å². The predicted molar refractivity (Wildman–Crippen MR) is 93.8 cm³/mol. The Hall–Kier alpha value is -2.98. The first kappa shape index (κ1) is 16.9. The lowest BCUT2D eigenvalue weighted by molar-refractivity contribution is -0.661. The van der Waals surface area contributed by atoms with E-state index in [2.05, 4.69) is 41.1 Å². The summed E-state index contributed by atoms with van der Waals surface area (Å²) < 4.78 is 2.19. The van der Waals surface area contributed by atoms with Gasteiger partial charge in [0, 0.05) is 29.1 Å². The molecule has 0 amide bonds. The molecule has 0 bridgehead atoms. The molecule has 3 aromatic carbocycles. The van der Waals surface area contributed by atoms with Crippen LogP contribution in [0.4, 0.5) is 5.69 Å². The first-order valence-corrected chi connectivity index (χ1v) is 7.76. The molecule has 0 N–H and O–H groups in total. The second-order valence-corrected chi connectivity index (χ2v) is 5.78. The van der Waals surface area contributed by atoms with E-state index in [1.807, 2.05) is 30.3 Å². The van der Waals surface area contributed by atoms with Gasteiger partial charge >= 0.3 is 0 Å². The van der Waals surface area contributed by atoms with Crippen molar-refractivity contribution in [1.82, 2.24) is 0 Å². The number of non-ortho nitro benzene ring substituents is 1. The van der Waals surface area contributed by atoms with Crippen LogP contribution in [0.25, 0.3) is 21.7 Å². The number of hydrogen-bond donors (Lipinski definition) is 0. The van der Waals surface area contributed by atoms with Gasteiger partial charge in [0.05, 0.1) is 10.3 Å². The van der Waals surface area contributed by atoms with E-state index in [9.17, 15) is 10.1 Å². The molecule has 0 aliphatic carbocycles. The maximum absolute atomic E-state index is 10.8. The van der Waals surface area contributed by atoms with E-state index >= 15 is 0 Å². The zero-order chi connectivity index (χ0) is 16.5. The lowest BCUT2D eigenvalue weighted by Gasteiger charge is -2.05. The van der Waals surface area contributed by atoms with E-state index < -0.39 is 0 Å². The van der Waals surface area contributed by atoms with Crippen molar-refractivity contribution in [3.05, 3.63) is 94.7 Å².